The third-order valence-corrected chi connectivity index (χ3v) is 2.37. The van der Waals surface area contributed by atoms with Crippen LogP contribution in [0.1, 0.15) is 23.6 Å². The number of aryl methyl sites for hydroxylation is 2. The van der Waals surface area contributed by atoms with Gasteiger partial charge in [-0.15, -0.1) is 0 Å². The molecule has 0 aliphatic carbocycles. The third kappa shape index (κ3) is 2.09. The molecule has 0 unspecified atom stereocenters. The predicted octanol–water partition coefficient (Wildman–Crippen LogP) is 3.89. The summed E-state index contributed by atoms with van der Waals surface area (Å²) in [5, 5.41) is 0. The maximum absolute atomic E-state index is 3.79. The van der Waals surface area contributed by atoms with Crippen molar-refractivity contribution in [3.63, 3.8) is 0 Å². The average molecular weight is 172 g/mol. The van der Waals surface area contributed by atoms with E-state index in [2.05, 4.69) is 44.7 Å². The minimum Gasteiger partial charge on any atom is -0.0985 e. The molecule has 0 heterocycles. The highest BCUT2D eigenvalue weighted by Crippen LogP contribution is 2.18. The van der Waals surface area contributed by atoms with Crippen molar-refractivity contribution in [3.05, 3.63) is 53.6 Å². The van der Waals surface area contributed by atoms with Crippen LogP contribution in [0.25, 0.3) is 5.57 Å². The fourth-order valence-electron chi connectivity index (χ4n) is 1.32. The minimum atomic E-state index is 1.20. The highest BCUT2D eigenvalue weighted by atomic mass is 14.0. The van der Waals surface area contributed by atoms with Crippen LogP contribution < -0.4 is 0 Å². The Labute approximate surface area is 80.6 Å². The first-order chi connectivity index (χ1) is 6.19. The Bertz CT molecular complexity index is 343. The van der Waals surface area contributed by atoms with E-state index in [9.17, 15) is 0 Å². The van der Waals surface area contributed by atoms with Crippen molar-refractivity contribution in [2.45, 2.75) is 20.8 Å². The van der Waals surface area contributed by atoms with Crippen LogP contribution in [-0.2, 0) is 0 Å². The summed E-state index contributed by atoms with van der Waals surface area (Å²) >= 11 is 0. The second-order valence-corrected chi connectivity index (χ2v) is 3.25. The number of rotatable bonds is 2. The highest BCUT2D eigenvalue weighted by Gasteiger charge is 1.97. The summed E-state index contributed by atoms with van der Waals surface area (Å²) in [6, 6.07) is 6.49. The van der Waals surface area contributed by atoms with Gasteiger partial charge in [0.05, 0.1) is 0 Å². The molecule has 0 N–H and O–H groups in total. The number of hydrogen-bond acceptors (Lipinski definition) is 0. The lowest BCUT2D eigenvalue weighted by Gasteiger charge is -2.05. The quantitative estimate of drug-likeness (QED) is 0.594. The van der Waals surface area contributed by atoms with Crippen LogP contribution in [0.15, 0.2) is 36.9 Å². The summed E-state index contributed by atoms with van der Waals surface area (Å²) in [6.45, 7) is 10.1. The van der Waals surface area contributed by atoms with Crippen LogP contribution >= 0.6 is 0 Å². The standard InChI is InChI=1S/C13H16/c1-5-12(6-2)13-8-7-10(3)11(4)9-13/h5-9H,1H2,2-4H3/b12-6+. The molecule has 0 saturated carbocycles. The Hall–Kier alpha value is -1.30. The summed E-state index contributed by atoms with van der Waals surface area (Å²) in [7, 11) is 0. The van der Waals surface area contributed by atoms with Gasteiger partial charge in [-0.3, -0.25) is 0 Å². The van der Waals surface area contributed by atoms with E-state index in [-0.39, 0.29) is 0 Å². The van der Waals surface area contributed by atoms with Crippen LogP contribution in [0.5, 0.6) is 0 Å². The Morgan fingerprint density at radius 3 is 2.38 bits per heavy atom. The van der Waals surface area contributed by atoms with E-state index in [0.29, 0.717) is 0 Å². The molecular weight excluding hydrogens is 156 g/mol. The van der Waals surface area contributed by atoms with E-state index in [1.165, 1.54) is 22.3 Å². The van der Waals surface area contributed by atoms with Crippen LogP contribution in [0.4, 0.5) is 0 Å². The number of hydrogen-bond donors (Lipinski definition) is 0. The van der Waals surface area contributed by atoms with E-state index in [1.807, 2.05) is 13.0 Å². The molecule has 0 fully saturated rings. The molecule has 1 aromatic carbocycles. The first-order valence-electron chi connectivity index (χ1n) is 4.55. The van der Waals surface area contributed by atoms with Gasteiger partial charge in [0.2, 0.25) is 0 Å². The van der Waals surface area contributed by atoms with Crippen molar-refractivity contribution in [2.75, 3.05) is 0 Å². The van der Waals surface area contributed by atoms with Gasteiger partial charge >= 0.3 is 0 Å². The maximum Gasteiger partial charge on any atom is -0.0185 e. The molecule has 0 aromatic heterocycles. The lowest BCUT2D eigenvalue weighted by molar-refractivity contribution is 1.33. The SMILES string of the molecule is C=C/C(=C\C)c1ccc(C)c(C)c1. The van der Waals surface area contributed by atoms with Crippen molar-refractivity contribution in [2.24, 2.45) is 0 Å². The van der Waals surface area contributed by atoms with Gasteiger partial charge in [0, 0.05) is 0 Å². The van der Waals surface area contributed by atoms with Crippen molar-refractivity contribution in [1.82, 2.24) is 0 Å². The topological polar surface area (TPSA) is 0 Å². The molecule has 1 aromatic rings. The van der Waals surface area contributed by atoms with E-state index in [4.69, 9.17) is 0 Å². The molecule has 0 aliphatic heterocycles. The highest BCUT2D eigenvalue weighted by molar-refractivity contribution is 5.73. The molecular formula is C13H16. The van der Waals surface area contributed by atoms with Gasteiger partial charge in [-0.1, -0.05) is 36.9 Å². The fourth-order valence-corrected chi connectivity index (χ4v) is 1.32. The van der Waals surface area contributed by atoms with Crippen molar-refractivity contribution < 1.29 is 0 Å². The van der Waals surface area contributed by atoms with Gasteiger partial charge in [0.1, 0.15) is 0 Å². The minimum absolute atomic E-state index is 1.20. The second-order valence-electron chi connectivity index (χ2n) is 3.25. The summed E-state index contributed by atoms with van der Waals surface area (Å²) in [6.07, 6.45) is 3.97. The molecule has 68 valence electrons. The number of allylic oxidation sites excluding steroid dienone is 3. The Kier molecular flexibility index (Phi) is 3.07. The summed E-state index contributed by atoms with van der Waals surface area (Å²) in [4.78, 5) is 0. The molecule has 0 amide bonds. The third-order valence-electron chi connectivity index (χ3n) is 2.37. The molecule has 0 radical (unpaired) electrons. The van der Waals surface area contributed by atoms with Crippen LogP contribution in [0.3, 0.4) is 0 Å². The molecule has 1 rings (SSSR count). The molecule has 13 heavy (non-hydrogen) atoms. The monoisotopic (exact) mass is 172 g/mol. The molecule has 0 spiro atoms. The smallest absolute Gasteiger partial charge is 0.0185 e. The van der Waals surface area contributed by atoms with Crippen molar-refractivity contribution in [1.29, 1.82) is 0 Å². The van der Waals surface area contributed by atoms with Gasteiger partial charge in [0.15, 0.2) is 0 Å². The van der Waals surface area contributed by atoms with Crippen LogP contribution in [-0.4, -0.2) is 0 Å². The first-order valence-corrected chi connectivity index (χ1v) is 4.55. The lowest BCUT2D eigenvalue weighted by atomic mass is 10.0. The van der Waals surface area contributed by atoms with Gasteiger partial charge in [0.25, 0.3) is 0 Å². The van der Waals surface area contributed by atoms with E-state index in [1.54, 1.807) is 0 Å². The van der Waals surface area contributed by atoms with E-state index in [0.717, 1.165) is 0 Å². The molecule has 0 bridgehead atoms. The van der Waals surface area contributed by atoms with Crippen molar-refractivity contribution >= 4 is 5.57 Å². The molecule has 0 heteroatoms. The van der Waals surface area contributed by atoms with Gasteiger partial charge < -0.3 is 0 Å². The fraction of sp³-hybridized carbons (Fsp3) is 0.231. The zero-order valence-electron chi connectivity index (χ0n) is 8.59. The van der Waals surface area contributed by atoms with Gasteiger partial charge in [-0.05, 0) is 43.0 Å². The largest absolute Gasteiger partial charge is 0.0985 e. The second kappa shape index (κ2) is 4.08. The Morgan fingerprint density at radius 2 is 1.92 bits per heavy atom. The molecule has 0 aliphatic rings. The summed E-state index contributed by atoms with van der Waals surface area (Å²) in [5.74, 6) is 0. The maximum atomic E-state index is 3.79. The predicted molar refractivity (Wildman–Crippen MR) is 59.8 cm³/mol. The van der Waals surface area contributed by atoms with E-state index < -0.39 is 0 Å². The van der Waals surface area contributed by atoms with E-state index >= 15 is 0 Å². The normalized spacial score (nSPS) is 11.5. The molecule has 0 saturated heterocycles. The number of benzene rings is 1. The lowest BCUT2D eigenvalue weighted by Crippen LogP contribution is -1.85. The zero-order valence-corrected chi connectivity index (χ0v) is 8.59. The summed E-state index contributed by atoms with van der Waals surface area (Å²) < 4.78 is 0. The van der Waals surface area contributed by atoms with Crippen LogP contribution in [0.2, 0.25) is 0 Å². The van der Waals surface area contributed by atoms with Crippen LogP contribution in [0, 0.1) is 13.8 Å². The van der Waals surface area contributed by atoms with Gasteiger partial charge in [-0.25, -0.2) is 0 Å². The first kappa shape index (κ1) is 9.79. The van der Waals surface area contributed by atoms with Crippen molar-refractivity contribution in [3.8, 4) is 0 Å². The zero-order chi connectivity index (χ0) is 9.84. The molecule has 0 nitrogen and oxygen atoms in total. The van der Waals surface area contributed by atoms with Gasteiger partial charge in [-0.2, -0.15) is 0 Å². The average Bonchev–Trinajstić information content (AvgIpc) is 2.13. The summed E-state index contributed by atoms with van der Waals surface area (Å²) in [5.41, 5.74) is 5.12. The Morgan fingerprint density at radius 1 is 1.23 bits per heavy atom. The molecule has 0 atom stereocenters. The Balaban J connectivity index is 3.17.